The SMILES string of the molecule is CCOCCCNC(C)c1sc2ccccc2c1C. The van der Waals surface area contributed by atoms with E-state index in [2.05, 4.69) is 43.4 Å². The number of aryl methyl sites for hydroxylation is 1. The van der Waals surface area contributed by atoms with Crippen molar-refractivity contribution in [2.24, 2.45) is 0 Å². The van der Waals surface area contributed by atoms with Crippen LogP contribution in [0.15, 0.2) is 24.3 Å². The summed E-state index contributed by atoms with van der Waals surface area (Å²) < 4.78 is 6.74. The Bertz CT molecular complexity index is 520. The molecule has 1 N–H and O–H groups in total. The highest BCUT2D eigenvalue weighted by atomic mass is 32.1. The molecule has 1 atom stereocenters. The molecule has 2 nitrogen and oxygen atoms in total. The minimum atomic E-state index is 0.416. The molecule has 0 bridgehead atoms. The number of rotatable bonds is 7. The molecule has 1 aromatic carbocycles. The van der Waals surface area contributed by atoms with Gasteiger partial charge in [-0.15, -0.1) is 11.3 Å². The van der Waals surface area contributed by atoms with Gasteiger partial charge < -0.3 is 10.1 Å². The highest BCUT2D eigenvalue weighted by Crippen LogP contribution is 2.34. The third-order valence-electron chi connectivity index (χ3n) is 3.39. The molecule has 0 spiro atoms. The quantitative estimate of drug-likeness (QED) is 0.762. The van der Waals surface area contributed by atoms with Gasteiger partial charge in [0, 0.05) is 28.8 Å². The molecular formula is C16H23NOS. The van der Waals surface area contributed by atoms with Gasteiger partial charge in [0.2, 0.25) is 0 Å². The molecule has 1 heterocycles. The zero-order valence-corrected chi connectivity index (χ0v) is 12.8. The van der Waals surface area contributed by atoms with Gasteiger partial charge >= 0.3 is 0 Å². The summed E-state index contributed by atoms with van der Waals surface area (Å²) in [7, 11) is 0. The van der Waals surface area contributed by atoms with Crippen molar-refractivity contribution in [3.05, 3.63) is 34.7 Å². The number of nitrogens with one attached hydrogen (secondary N) is 1. The largest absolute Gasteiger partial charge is 0.382 e. The summed E-state index contributed by atoms with van der Waals surface area (Å²) in [6.45, 7) is 9.18. The van der Waals surface area contributed by atoms with Crippen LogP contribution in [0.3, 0.4) is 0 Å². The number of thiophene rings is 1. The number of hydrogen-bond acceptors (Lipinski definition) is 3. The summed E-state index contributed by atoms with van der Waals surface area (Å²) in [4.78, 5) is 1.46. The molecule has 0 saturated heterocycles. The fourth-order valence-electron chi connectivity index (χ4n) is 2.34. The molecule has 2 rings (SSSR count). The summed E-state index contributed by atoms with van der Waals surface area (Å²) in [6.07, 6.45) is 1.07. The maximum atomic E-state index is 5.36. The van der Waals surface area contributed by atoms with Crippen molar-refractivity contribution in [3.8, 4) is 0 Å². The van der Waals surface area contributed by atoms with Crippen LogP contribution in [0.2, 0.25) is 0 Å². The van der Waals surface area contributed by atoms with Gasteiger partial charge in [0.1, 0.15) is 0 Å². The first-order valence-corrected chi connectivity index (χ1v) is 7.84. The average molecular weight is 277 g/mol. The zero-order valence-electron chi connectivity index (χ0n) is 12.0. The average Bonchev–Trinajstić information content (AvgIpc) is 2.76. The Morgan fingerprint density at radius 1 is 1.32 bits per heavy atom. The van der Waals surface area contributed by atoms with Crippen LogP contribution < -0.4 is 5.32 Å². The Labute approximate surface area is 119 Å². The number of benzene rings is 1. The molecule has 0 radical (unpaired) electrons. The molecule has 1 aromatic heterocycles. The maximum absolute atomic E-state index is 5.36. The van der Waals surface area contributed by atoms with E-state index in [1.165, 1.54) is 20.5 Å². The third-order valence-corrected chi connectivity index (χ3v) is 4.85. The molecule has 0 fully saturated rings. The summed E-state index contributed by atoms with van der Waals surface area (Å²) in [5.74, 6) is 0. The number of fused-ring (bicyclic) bond motifs is 1. The molecular weight excluding hydrogens is 254 g/mol. The highest BCUT2D eigenvalue weighted by molar-refractivity contribution is 7.19. The zero-order chi connectivity index (χ0) is 13.7. The Kier molecular flexibility index (Phi) is 5.37. The lowest BCUT2D eigenvalue weighted by atomic mass is 10.1. The van der Waals surface area contributed by atoms with Crippen molar-refractivity contribution in [1.82, 2.24) is 5.32 Å². The van der Waals surface area contributed by atoms with E-state index >= 15 is 0 Å². The van der Waals surface area contributed by atoms with Crippen molar-refractivity contribution in [2.45, 2.75) is 33.2 Å². The van der Waals surface area contributed by atoms with E-state index in [-0.39, 0.29) is 0 Å². The van der Waals surface area contributed by atoms with Gasteiger partial charge in [-0.3, -0.25) is 0 Å². The second kappa shape index (κ2) is 7.04. The lowest BCUT2D eigenvalue weighted by Gasteiger charge is -2.13. The van der Waals surface area contributed by atoms with E-state index < -0.39 is 0 Å². The first kappa shape index (κ1) is 14.5. The Hall–Kier alpha value is -0.900. The van der Waals surface area contributed by atoms with E-state index in [4.69, 9.17) is 4.74 Å². The van der Waals surface area contributed by atoms with Gasteiger partial charge in [-0.2, -0.15) is 0 Å². The molecule has 104 valence electrons. The number of ether oxygens (including phenoxy) is 1. The summed E-state index contributed by atoms with van der Waals surface area (Å²) in [6, 6.07) is 9.07. The van der Waals surface area contributed by atoms with E-state index in [1.54, 1.807) is 0 Å². The highest BCUT2D eigenvalue weighted by Gasteiger charge is 2.13. The second-order valence-electron chi connectivity index (χ2n) is 4.81. The predicted molar refractivity (Wildman–Crippen MR) is 84.1 cm³/mol. The molecule has 3 heteroatoms. The minimum Gasteiger partial charge on any atom is -0.382 e. The van der Waals surface area contributed by atoms with Crippen LogP contribution in [0, 0.1) is 6.92 Å². The Morgan fingerprint density at radius 2 is 2.11 bits per heavy atom. The van der Waals surface area contributed by atoms with Gasteiger partial charge in [-0.25, -0.2) is 0 Å². The molecule has 0 aliphatic rings. The molecule has 19 heavy (non-hydrogen) atoms. The monoisotopic (exact) mass is 277 g/mol. The van der Waals surface area contributed by atoms with E-state index in [0.29, 0.717) is 6.04 Å². The number of hydrogen-bond donors (Lipinski definition) is 1. The smallest absolute Gasteiger partial charge is 0.0477 e. The van der Waals surface area contributed by atoms with Gasteiger partial charge in [0.05, 0.1) is 0 Å². The van der Waals surface area contributed by atoms with E-state index in [0.717, 1.165) is 26.2 Å². The third kappa shape index (κ3) is 3.56. The van der Waals surface area contributed by atoms with Crippen LogP contribution in [-0.4, -0.2) is 19.8 Å². The van der Waals surface area contributed by atoms with Crippen molar-refractivity contribution < 1.29 is 4.74 Å². The van der Waals surface area contributed by atoms with Crippen molar-refractivity contribution in [2.75, 3.05) is 19.8 Å². The van der Waals surface area contributed by atoms with Crippen LogP contribution in [0.5, 0.6) is 0 Å². The van der Waals surface area contributed by atoms with Crippen LogP contribution in [-0.2, 0) is 4.74 Å². The molecule has 0 amide bonds. The van der Waals surface area contributed by atoms with Gasteiger partial charge in [-0.05, 0) is 50.8 Å². The summed E-state index contributed by atoms with van der Waals surface area (Å²) in [5, 5.41) is 4.98. The summed E-state index contributed by atoms with van der Waals surface area (Å²) >= 11 is 1.91. The fourth-order valence-corrected chi connectivity index (χ4v) is 3.57. The van der Waals surface area contributed by atoms with Crippen molar-refractivity contribution in [1.29, 1.82) is 0 Å². The van der Waals surface area contributed by atoms with Crippen molar-refractivity contribution >= 4 is 21.4 Å². The Balaban J connectivity index is 1.97. The molecule has 0 aliphatic heterocycles. The lowest BCUT2D eigenvalue weighted by molar-refractivity contribution is 0.144. The van der Waals surface area contributed by atoms with E-state index in [9.17, 15) is 0 Å². The first-order valence-electron chi connectivity index (χ1n) is 7.03. The predicted octanol–water partition coefficient (Wildman–Crippen LogP) is 4.29. The lowest BCUT2D eigenvalue weighted by Crippen LogP contribution is -2.20. The van der Waals surface area contributed by atoms with Crippen LogP contribution in [0.1, 0.15) is 36.8 Å². The van der Waals surface area contributed by atoms with Gasteiger partial charge in [0.25, 0.3) is 0 Å². The maximum Gasteiger partial charge on any atom is 0.0477 e. The van der Waals surface area contributed by atoms with Crippen molar-refractivity contribution in [3.63, 3.8) is 0 Å². The van der Waals surface area contributed by atoms with Crippen LogP contribution in [0.25, 0.3) is 10.1 Å². The molecule has 1 unspecified atom stereocenters. The van der Waals surface area contributed by atoms with Gasteiger partial charge in [-0.1, -0.05) is 18.2 Å². The van der Waals surface area contributed by atoms with Crippen LogP contribution in [0.4, 0.5) is 0 Å². The summed E-state index contributed by atoms with van der Waals surface area (Å²) in [5.41, 5.74) is 1.42. The fraction of sp³-hybridized carbons (Fsp3) is 0.500. The topological polar surface area (TPSA) is 21.3 Å². The molecule has 2 aromatic rings. The minimum absolute atomic E-state index is 0.416. The van der Waals surface area contributed by atoms with E-state index in [1.807, 2.05) is 18.3 Å². The first-order chi connectivity index (χ1) is 9.24. The molecule has 0 saturated carbocycles. The Morgan fingerprint density at radius 3 is 2.84 bits per heavy atom. The standard InChI is InChI=1S/C16H23NOS/c1-4-18-11-7-10-17-13(3)16-12(2)14-8-5-6-9-15(14)19-16/h5-6,8-9,13,17H,4,7,10-11H2,1-3H3. The molecule has 0 aliphatic carbocycles. The van der Waals surface area contributed by atoms with Gasteiger partial charge in [0.15, 0.2) is 0 Å². The van der Waals surface area contributed by atoms with Crippen LogP contribution >= 0.6 is 11.3 Å². The normalized spacial score (nSPS) is 13.0. The second-order valence-corrected chi connectivity index (χ2v) is 5.90.